The minimum absolute atomic E-state index is 0.160. The number of hydrogen-bond donors (Lipinski definition) is 1. The summed E-state index contributed by atoms with van der Waals surface area (Å²) in [7, 11) is 0. The molecule has 0 atom stereocenters. The number of fused-ring (bicyclic) bond motifs is 1. The van der Waals surface area contributed by atoms with E-state index in [1.807, 2.05) is 18.3 Å². The summed E-state index contributed by atoms with van der Waals surface area (Å²) in [4.78, 5) is 4.36. The molecule has 0 spiro atoms. The Bertz CT molecular complexity index is 560. The highest BCUT2D eigenvalue weighted by molar-refractivity contribution is 5.60. The van der Waals surface area contributed by atoms with Gasteiger partial charge in [-0.15, -0.1) is 0 Å². The van der Waals surface area contributed by atoms with Crippen LogP contribution in [0, 0.1) is 12.7 Å². The van der Waals surface area contributed by atoms with Crippen LogP contribution in [0.15, 0.2) is 24.4 Å². The Morgan fingerprint density at radius 3 is 3.12 bits per heavy atom. The van der Waals surface area contributed by atoms with E-state index >= 15 is 0 Å². The predicted molar refractivity (Wildman–Crippen MR) is 64.1 cm³/mol. The highest BCUT2D eigenvalue weighted by atomic mass is 19.1. The number of hydrogen-bond acceptors (Lipinski definition) is 2. The van der Waals surface area contributed by atoms with Gasteiger partial charge in [-0.05, 0) is 18.6 Å². The molecule has 0 bridgehead atoms. The molecule has 0 aliphatic carbocycles. The van der Waals surface area contributed by atoms with Gasteiger partial charge in [-0.2, -0.15) is 0 Å². The van der Waals surface area contributed by atoms with E-state index in [1.54, 1.807) is 13.0 Å². The molecule has 3 rings (SSSR count). The van der Waals surface area contributed by atoms with E-state index in [0.717, 1.165) is 36.7 Å². The molecule has 0 fully saturated rings. The highest BCUT2D eigenvalue weighted by Gasteiger charge is 2.15. The third-order valence-electron chi connectivity index (χ3n) is 3.20. The van der Waals surface area contributed by atoms with Gasteiger partial charge < -0.3 is 9.88 Å². The molecular weight excluding hydrogens is 217 g/mol. The monoisotopic (exact) mass is 231 g/mol. The lowest BCUT2D eigenvalue weighted by atomic mass is 10.1. The highest BCUT2D eigenvalue weighted by Crippen LogP contribution is 2.23. The van der Waals surface area contributed by atoms with Crippen molar-refractivity contribution in [3.63, 3.8) is 0 Å². The zero-order chi connectivity index (χ0) is 11.8. The number of rotatable bonds is 1. The Kier molecular flexibility index (Phi) is 2.44. The summed E-state index contributed by atoms with van der Waals surface area (Å²) in [6, 6.07) is 5.35. The Balaban J connectivity index is 2.09. The van der Waals surface area contributed by atoms with Gasteiger partial charge in [-0.25, -0.2) is 9.37 Å². The van der Waals surface area contributed by atoms with Crippen molar-refractivity contribution in [2.75, 3.05) is 6.54 Å². The first-order chi connectivity index (χ1) is 8.25. The zero-order valence-corrected chi connectivity index (χ0v) is 9.70. The van der Waals surface area contributed by atoms with Crippen LogP contribution >= 0.6 is 0 Å². The maximum Gasteiger partial charge on any atom is 0.126 e. The molecule has 0 unspecified atom stereocenters. The second kappa shape index (κ2) is 3.96. The molecule has 1 aromatic heterocycles. The van der Waals surface area contributed by atoms with Gasteiger partial charge >= 0.3 is 0 Å². The number of aromatic nitrogens is 2. The number of benzene rings is 1. The van der Waals surface area contributed by atoms with Crippen LogP contribution in [-0.2, 0) is 13.1 Å². The van der Waals surface area contributed by atoms with Crippen molar-refractivity contribution in [3.8, 4) is 11.3 Å². The van der Waals surface area contributed by atoms with Crippen LogP contribution in [0.3, 0.4) is 0 Å². The molecule has 1 aliphatic rings. The standard InChI is InChI=1S/C13H14FN3/c1-9-2-3-10(6-11(9)14)12-7-16-13-8-15-4-5-17(12)13/h2-3,6-7,15H,4-5,8H2,1H3. The molecule has 1 N–H and O–H groups in total. The van der Waals surface area contributed by atoms with Crippen LogP contribution in [0.4, 0.5) is 4.39 Å². The van der Waals surface area contributed by atoms with Gasteiger partial charge in [-0.1, -0.05) is 12.1 Å². The molecule has 0 radical (unpaired) electrons. The molecule has 4 heteroatoms. The van der Waals surface area contributed by atoms with E-state index in [9.17, 15) is 4.39 Å². The Morgan fingerprint density at radius 1 is 1.41 bits per heavy atom. The first kappa shape index (κ1) is 10.5. The van der Waals surface area contributed by atoms with Gasteiger partial charge in [-0.3, -0.25) is 0 Å². The predicted octanol–water partition coefficient (Wildman–Crippen LogP) is 2.10. The lowest BCUT2D eigenvalue weighted by molar-refractivity contribution is 0.508. The summed E-state index contributed by atoms with van der Waals surface area (Å²) >= 11 is 0. The van der Waals surface area contributed by atoms with Crippen LogP contribution in [0.5, 0.6) is 0 Å². The molecular formula is C13H14FN3. The van der Waals surface area contributed by atoms with Gasteiger partial charge in [0.2, 0.25) is 0 Å². The van der Waals surface area contributed by atoms with Crippen LogP contribution in [0.1, 0.15) is 11.4 Å². The zero-order valence-electron chi connectivity index (χ0n) is 9.70. The topological polar surface area (TPSA) is 29.9 Å². The minimum atomic E-state index is -0.160. The van der Waals surface area contributed by atoms with Crippen molar-refractivity contribution >= 4 is 0 Å². The van der Waals surface area contributed by atoms with Crippen molar-refractivity contribution in [2.24, 2.45) is 0 Å². The van der Waals surface area contributed by atoms with Crippen LogP contribution in [0.25, 0.3) is 11.3 Å². The van der Waals surface area contributed by atoms with E-state index in [-0.39, 0.29) is 5.82 Å². The molecule has 0 amide bonds. The SMILES string of the molecule is Cc1ccc(-c2cnc3n2CCNC3)cc1F. The molecule has 3 nitrogen and oxygen atoms in total. The Hall–Kier alpha value is -1.68. The van der Waals surface area contributed by atoms with E-state index < -0.39 is 0 Å². The lowest BCUT2D eigenvalue weighted by Gasteiger charge is -2.17. The normalized spacial score (nSPS) is 14.7. The summed E-state index contributed by atoms with van der Waals surface area (Å²) in [6.45, 7) is 4.38. The maximum atomic E-state index is 13.6. The van der Waals surface area contributed by atoms with Crippen molar-refractivity contribution in [1.29, 1.82) is 0 Å². The summed E-state index contributed by atoms with van der Waals surface area (Å²) < 4.78 is 15.7. The first-order valence-corrected chi connectivity index (χ1v) is 5.77. The van der Waals surface area contributed by atoms with Crippen LogP contribution in [0.2, 0.25) is 0 Å². The fourth-order valence-electron chi connectivity index (χ4n) is 2.18. The van der Waals surface area contributed by atoms with E-state index in [4.69, 9.17) is 0 Å². The molecule has 0 saturated heterocycles. The average Bonchev–Trinajstić information content (AvgIpc) is 2.76. The van der Waals surface area contributed by atoms with Gasteiger partial charge in [0.1, 0.15) is 11.6 Å². The van der Waals surface area contributed by atoms with Crippen molar-refractivity contribution in [3.05, 3.63) is 41.6 Å². The summed E-state index contributed by atoms with van der Waals surface area (Å²) in [5.41, 5.74) is 2.57. The number of aryl methyl sites for hydroxylation is 1. The number of nitrogens with zero attached hydrogens (tertiary/aromatic N) is 2. The van der Waals surface area contributed by atoms with Crippen molar-refractivity contribution in [2.45, 2.75) is 20.0 Å². The molecule has 1 aliphatic heterocycles. The van der Waals surface area contributed by atoms with E-state index in [2.05, 4.69) is 14.9 Å². The molecule has 17 heavy (non-hydrogen) atoms. The summed E-state index contributed by atoms with van der Waals surface area (Å²) in [6.07, 6.45) is 1.83. The number of nitrogens with one attached hydrogen (secondary N) is 1. The second-order valence-corrected chi connectivity index (χ2v) is 4.35. The van der Waals surface area contributed by atoms with E-state index in [0.29, 0.717) is 5.56 Å². The van der Waals surface area contributed by atoms with E-state index in [1.165, 1.54) is 0 Å². The second-order valence-electron chi connectivity index (χ2n) is 4.35. The summed E-state index contributed by atoms with van der Waals surface area (Å²) in [5.74, 6) is 0.860. The molecule has 0 saturated carbocycles. The largest absolute Gasteiger partial charge is 0.326 e. The fourth-order valence-corrected chi connectivity index (χ4v) is 2.18. The third-order valence-corrected chi connectivity index (χ3v) is 3.20. The average molecular weight is 231 g/mol. The lowest BCUT2D eigenvalue weighted by Crippen LogP contribution is -2.28. The van der Waals surface area contributed by atoms with Gasteiger partial charge in [0, 0.05) is 18.7 Å². The van der Waals surface area contributed by atoms with Crippen molar-refractivity contribution < 1.29 is 4.39 Å². The molecule has 2 heterocycles. The quantitative estimate of drug-likeness (QED) is 0.814. The number of halogens is 1. The van der Waals surface area contributed by atoms with Gasteiger partial charge in [0.05, 0.1) is 18.4 Å². The van der Waals surface area contributed by atoms with Crippen molar-refractivity contribution in [1.82, 2.24) is 14.9 Å². The number of imidazole rings is 1. The smallest absolute Gasteiger partial charge is 0.126 e. The van der Waals surface area contributed by atoms with Crippen LogP contribution < -0.4 is 5.32 Å². The maximum absolute atomic E-state index is 13.6. The third kappa shape index (κ3) is 1.74. The molecule has 2 aromatic rings. The Labute approximate surface area is 99.3 Å². The molecule has 88 valence electrons. The summed E-state index contributed by atoms with van der Waals surface area (Å²) in [5, 5.41) is 3.27. The van der Waals surface area contributed by atoms with Gasteiger partial charge in [0.25, 0.3) is 0 Å². The first-order valence-electron chi connectivity index (χ1n) is 5.77. The van der Waals surface area contributed by atoms with Gasteiger partial charge in [0.15, 0.2) is 0 Å². The fraction of sp³-hybridized carbons (Fsp3) is 0.308. The minimum Gasteiger partial charge on any atom is -0.326 e. The molecule has 1 aromatic carbocycles. The van der Waals surface area contributed by atoms with Crippen LogP contribution in [-0.4, -0.2) is 16.1 Å². The Morgan fingerprint density at radius 2 is 2.29 bits per heavy atom.